The van der Waals surface area contributed by atoms with Gasteiger partial charge in [-0.15, -0.1) is 0 Å². The molecule has 18 heavy (non-hydrogen) atoms. The van der Waals surface area contributed by atoms with Gasteiger partial charge in [-0.3, -0.25) is 4.90 Å². The fraction of sp³-hybridized carbons (Fsp3) is 0.600. The summed E-state index contributed by atoms with van der Waals surface area (Å²) >= 11 is 0. The lowest BCUT2D eigenvalue weighted by Crippen LogP contribution is -2.33. The average Bonchev–Trinajstić information content (AvgIpc) is 2.30. The molecule has 1 rings (SSSR count). The van der Waals surface area contributed by atoms with Gasteiger partial charge in [0, 0.05) is 31.2 Å². The smallest absolute Gasteiger partial charge is 0.127 e. The Morgan fingerprint density at radius 3 is 2.39 bits per heavy atom. The maximum absolute atomic E-state index is 13.8. The molecule has 2 N–H and O–H groups in total. The molecule has 0 aliphatic carbocycles. The van der Waals surface area contributed by atoms with Crippen molar-refractivity contribution in [1.29, 1.82) is 0 Å². The SMILES string of the molecule is CC(C)CN(Cc1cc(CN)ccc1F)C(C)C. The number of benzene rings is 1. The Morgan fingerprint density at radius 1 is 1.22 bits per heavy atom. The zero-order valence-corrected chi connectivity index (χ0v) is 11.9. The van der Waals surface area contributed by atoms with E-state index >= 15 is 0 Å². The summed E-state index contributed by atoms with van der Waals surface area (Å²) in [6, 6.07) is 5.56. The zero-order valence-electron chi connectivity index (χ0n) is 11.9. The van der Waals surface area contributed by atoms with E-state index in [9.17, 15) is 4.39 Å². The second kappa shape index (κ2) is 6.86. The van der Waals surface area contributed by atoms with Gasteiger partial charge in [0.05, 0.1) is 0 Å². The first-order chi connectivity index (χ1) is 8.43. The van der Waals surface area contributed by atoms with E-state index in [2.05, 4.69) is 32.6 Å². The van der Waals surface area contributed by atoms with Crippen molar-refractivity contribution in [2.24, 2.45) is 11.7 Å². The molecular formula is C15H25FN2. The highest BCUT2D eigenvalue weighted by molar-refractivity contribution is 5.25. The van der Waals surface area contributed by atoms with Gasteiger partial charge in [0.2, 0.25) is 0 Å². The number of rotatable bonds is 6. The molecule has 0 radical (unpaired) electrons. The number of nitrogens with two attached hydrogens (primary N) is 1. The van der Waals surface area contributed by atoms with Crippen LogP contribution in [0.2, 0.25) is 0 Å². The molecular weight excluding hydrogens is 227 g/mol. The Bertz CT molecular complexity index is 375. The first kappa shape index (κ1) is 15.1. The number of hydrogen-bond acceptors (Lipinski definition) is 2. The van der Waals surface area contributed by atoms with Crippen molar-refractivity contribution in [2.75, 3.05) is 6.54 Å². The normalized spacial score (nSPS) is 11.8. The highest BCUT2D eigenvalue weighted by Gasteiger charge is 2.14. The third kappa shape index (κ3) is 4.39. The minimum absolute atomic E-state index is 0.137. The van der Waals surface area contributed by atoms with Crippen LogP contribution >= 0.6 is 0 Å². The molecule has 2 nitrogen and oxygen atoms in total. The molecule has 102 valence electrons. The van der Waals surface area contributed by atoms with Crippen molar-refractivity contribution in [2.45, 2.75) is 46.8 Å². The topological polar surface area (TPSA) is 29.3 Å². The predicted molar refractivity (Wildman–Crippen MR) is 74.7 cm³/mol. The van der Waals surface area contributed by atoms with Crippen LogP contribution in [0.15, 0.2) is 18.2 Å². The molecule has 0 spiro atoms. The second-order valence-corrected chi connectivity index (χ2v) is 5.55. The van der Waals surface area contributed by atoms with Crippen LogP contribution in [0.25, 0.3) is 0 Å². The zero-order chi connectivity index (χ0) is 13.7. The highest BCUT2D eigenvalue weighted by atomic mass is 19.1. The summed E-state index contributed by atoms with van der Waals surface area (Å²) in [5, 5.41) is 0. The molecule has 0 heterocycles. The number of halogens is 1. The van der Waals surface area contributed by atoms with Crippen LogP contribution in [0.4, 0.5) is 4.39 Å². The Labute approximate surface area is 110 Å². The van der Waals surface area contributed by atoms with Crippen molar-refractivity contribution < 1.29 is 4.39 Å². The van der Waals surface area contributed by atoms with E-state index in [1.165, 1.54) is 6.07 Å². The quantitative estimate of drug-likeness (QED) is 0.842. The predicted octanol–water partition coefficient (Wildman–Crippen LogP) is 3.15. The lowest BCUT2D eigenvalue weighted by atomic mass is 10.1. The van der Waals surface area contributed by atoms with E-state index in [1.54, 1.807) is 6.07 Å². The molecule has 1 aromatic carbocycles. The van der Waals surface area contributed by atoms with Crippen molar-refractivity contribution in [1.82, 2.24) is 4.90 Å². The number of hydrogen-bond donors (Lipinski definition) is 1. The fourth-order valence-corrected chi connectivity index (χ4v) is 2.02. The average molecular weight is 252 g/mol. The second-order valence-electron chi connectivity index (χ2n) is 5.55. The molecule has 3 heteroatoms. The molecule has 0 aliphatic rings. The maximum atomic E-state index is 13.8. The lowest BCUT2D eigenvalue weighted by Gasteiger charge is -2.28. The number of nitrogens with zero attached hydrogens (tertiary/aromatic N) is 1. The van der Waals surface area contributed by atoms with Crippen molar-refractivity contribution >= 4 is 0 Å². The summed E-state index contributed by atoms with van der Waals surface area (Å²) < 4.78 is 13.8. The summed E-state index contributed by atoms with van der Waals surface area (Å²) in [5.74, 6) is 0.440. The Hall–Kier alpha value is -0.930. The molecule has 0 unspecified atom stereocenters. The third-order valence-electron chi connectivity index (χ3n) is 3.05. The first-order valence-electron chi connectivity index (χ1n) is 6.65. The van der Waals surface area contributed by atoms with Crippen molar-refractivity contribution in [3.05, 3.63) is 35.1 Å². The van der Waals surface area contributed by atoms with E-state index < -0.39 is 0 Å². The van der Waals surface area contributed by atoms with E-state index in [-0.39, 0.29) is 5.82 Å². The van der Waals surface area contributed by atoms with Crippen molar-refractivity contribution in [3.8, 4) is 0 Å². The van der Waals surface area contributed by atoms with E-state index in [0.717, 1.165) is 17.7 Å². The minimum atomic E-state index is -0.137. The Balaban J connectivity index is 2.85. The third-order valence-corrected chi connectivity index (χ3v) is 3.05. The van der Waals surface area contributed by atoms with Gasteiger partial charge in [-0.1, -0.05) is 26.0 Å². The minimum Gasteiger partial charge on any atom is -0.326 e. The highest BCUT2D eigenvalue weighted by Crippen LogP contribution is 2.16. The first-order valence-corrected chi connectivity index (χ1v) is 6.65. The summed E-state index contributed by atoms with van der Waals surface area (Å²) in [6.45, 7) is 10.7. The molecule has 0 aromatic heterocycles. The summed E-state index contributed by atoms with van der Waals surface area (Å²) in [6.07, 6.45) is 0. The monoisotopic (exact) mass is 252 g/mol. The van der Waals surface area contributed by atoms with Gasteiger partial charge < -0.3 is 5.73 Å². The van der Waals surface area contributed by atoms with Crippen molar-refractivity contribution in [3.63, 3.8) is 0 Å². The molecule has 0 aliphatic heterocycles. The summed E-state index contributed by atoms with van der Waals surface area (Å²) in [4.78, 5) is 2.30. The standard InChI is InChI=1S/C15H25FN2/c1-11(2)9-18(12(3)4)10-14-7-13(8-17)5-6-15(14)16/h5-7,11-12H,8-10,17H2,1-4H3. The largest absolute Gasteiger partial charge is 0.326 e. The van der Waals surface area contributed by atoms with E-state index in [1.807, 2.05) is 6.07 Å². The van der Waals surface area contributed by atoms with Crippen LogP contribution in [0.1, 0.15) is 38.8 Å². The van der Waals surface area contributed by atoms with Crippen LogP contribution in [0.5, 0.6) is 0 Å². The Kier molecular flexibility index (Phi) is 5.76. The summed E-state index contributed by atoms with van der Waals surface area (Å²) in [5.41, 5.74) is 7.33. The fourth-order valence-electron chi connectivity index (χ4n) is 2.02. The van der Waals surface area contributed by atoms with E-state index in [4.69, 9.17) is 5.73 Å². The summed E-state index contributed by atoms with van der Waals surface area (Å²) in [7, 11) is 0. The van der Waals surface area contributed by atoms with Gasteiger partial charge in [0.1, 0.15) is 5.82 Å². The molecule has 0 amide bonds. The van der Waals surface area contributed by atoms with Gasteiger partial charge in [-0.05, 0) is 31.4 Å². The van der Waals surface area contributed by atoms with Gasteiger partial charge in [0.15, 0.2) is 0 Å². The van der Waals surface area contributed by atoms with Gasteiger partial charge in [0.25, 0.3) is 0 Å². The molecule has 0 bridgehead atoms. The van der Waals surface area contributed by atoms with Gasteiger partial charge in [-0.25, -0.2) is 4.39 Å². The molecule has 0 fully saturated rings. The lowest BCUT2D eigenvalue weighted by molar-refractivity contribution is 0.187. The van der Waals surface area contributed by atoms with Gasteiger partial charge in [-0.2, -0.15) is 0 Å². The van der Waals surface area contributed by atoms with E-state index in [0.29, 0.717) is 25.0 Å². The van der Waals surface area contributed by atoms with Crippen LogP contribution in [-0.4, -0.2) is 17.5 Å². The van der Waals surface area contributed by atoms with Crippen LogP contribution < -0.4 is 5.73 Å². The molecule has 0 saturated heterocycles. The molecule has 0 saturated carbocycles. The maximum Gasteiger partial charge on any atom is 0.127 e. The molecule has 0 atom stereocenters. The van der Waals surface area contributed by atoms with Crippen LogP contribution in [0.3, 0.4) is 0 Å². The van der Waals surface area contributed by atoms with Gasteiger partial charge >= 0.3 is 0 Å². The van der Waals surface area contributed by atoms with Crippen LogP contribution in [0, 0.1) is 11.7 Å². The van der Waals surface area contributed by atoms with Crippen LogP contribution in [-0.2, 0) is 13.1 Å². The molecule has 1 aromatic rings. The Morgan fingerprint density at radius 2 is 1.89 bits per heavy atom.